The molecule has 142 valence electrons. The second-order valence-electron chi connectivity index (χ2n) is 6.44. The largest absolute Gasteiger partial charge is 0.326 e. The molecule has 1 aliphatic heterocycles. The summed E-state index contributed by atoms with van der Waals surface area (Å²) in [5.41, 5.74) is 1.54. The molecule has 6 nitrogen and oxygen atoms in total. The van der Waals surface area contributed by atoms with Crippen molar-refractivity contribution in [2.45, 2.75) is 36.3 Å². The van der Waals surface area contributed by atoms with Crippen LogP contribution in [0.5, 0.6) is 0 Å². The molecule has 0 unspecified atom stereocenters. The van der Waals surface area contributed by atoms with E-state index in [0.717, 1.165) is 36.2 Å². The lowest BCUT2D eigenvalue weighted by Gasteiger charge is -2.25. The highest BCUT2D eigenvalue weighted by atomic mass is 32.2. The summed E-state index contributed by atoms with van der Waals surface area (Å²) in [6, 6.07) is 12.5. The van der Waals surface area contributed by atoms with Crippen LogP contribution in [0.15, 0.2) is 40.6 Å². The summed E-state index contributed by atoms with van der Waals surface area (Å²) in [6.45, 7) is 1.13. The van der Waals surface area contributed by atoms with E-state index in [4.69, 9.17) is 5.26 Å². The van der Waals surface area contributed by atoms with Crippen molar-refractivity contribution in [2.75, 3.05) is 18.4 Å². The van der Waals surface area contributed by atoms with Gasteiger partial charge in [0, 0.05) is 23.7 Å². The van der Waals surface area contributed by atoms with Gasteiger partial charge < -0.3 is 5.32 Å². The van der Waals surface area contributed by atoms with Gasteiger partial charge in [-0.1, -0.05) is 18.6 Å². The maximum absolute atomic E-state index is 12.7. The molecule has 1 fully saturated rings. The Bertz CT molecular complexity index is 937. The first-order valence-electron chi connectivity index (χ1n) is 8.83. The number of piperidine rings is 1. The Balaban J connectivity index is 1.61. The Hall–Kier alpha value is -2.21. The predicted octanol–water partition coefficient (Wildman–Crippen LogP) is 3.17. The van der Waals surface area contributed by atoms with Crippen molar-refractivity contribution < 1.29 is 13.2 Å². The number of rotatable bonds is 6. The highest BCUT2D eigenvalue weighted by Crippen LogP contribution is 2.27. The highest BCUT2D eigenvalue weighted by molar-refractivity contribution is 7.91. The molecule has 1 saturated heterocycles. The minimum absolute atomic E-state index is 0.125. The molecule has 1 N–H and O–H groups in total. The van der Waals surface area contributed by atoms with Crippen LogP contribution >= 0.6 is 11.3 Å². The van der Waals surface area contributed by atoms with Gasteiger partial charge in [0.25, 0.3) is 10.0 Å². The van der Waals surface area contributed by atoms with Gasteiger partial charge in [0.15, 0.2) is 0 Å². The first-order valence-corrected chi connectivity index (χ1v) is 11.1. The molecule has 0 radical (unpaired) electrons. The third-order valence-corrected chi connectivity index (χ3v) is 7.85. The van der Waals surface area contributed by atoms with E-state index in [-0.39, 0.29) is 12.3 Å². The zero-order chi connectivity index (χ0) is 19.3. The molecule has 1 amide bonds. The highest BCUT2D eigenvalue weighted by Gasteiger charge is 2.27. The zero-order valence-corrected chi connectivity index (χ0v) is 16.5. The van der Waals surface area contributed by atoms with Crippen molar-refractivity contribution in [3.05, 3.63) is 46.8 Å². The maximum atomic E-state index is 12.7. The SMILES string of the molecule is N#CCc1ccc(NC(=O)Cc2ccc(S(=O)(=O)N3CCCCC3)s2)cc1. The number of carbonyl (C=O) groups excluding carboxylic acids is 1. The van der Waals surface area contributed by atoms with Gasteiger partial charge in [0.05, 0.1) is 18.9 Å². The first kappa shape index (κ1) is 19.5. The monoisotopic (exact) mass is 403 g/mol. The zero-order valence-electron chi connectivity index (χ0n) is 14.8. The van der Waals surface area contributed by atoms with Crippen molar-refractivity contribution >= 4 is 33.0 Å². The van der Waals surface area contributed by atoms with Crippen molar-refractivity contribution in [1.82, 2.24) is 4.31 Å². The van der Waals surface area contributed by atoms with Crippen LogP contribution in [0.4, 0.5) is 5.69 Å². The van der Waals surface area contributed by atoms with Crippen molar-refractivity contribution in [3.63, 3.8) is 0 Å². The standard InChI is InChI=1S/C19H21N3O3S2/c20-11-10-15-4-6-16(7-5-15)21-18(23)14-17-8-9-19(26-17)27(24,25)22-12-2-1-3-13-22/h4-9H,1-3,10,12-14H2,(H,21,23). The molecule has 2 aromatic rings. The Morgan fingerprint density at radius 2 is 1.81 bits per heavy atom. The van der Waals surface area contributed by atoms with E-state index < -0.39 is 10.0 Å². The molecule has 2 heterocycles. The summed E-state index contributed by atoms with van der Waals surface area (Å²) in [7, 11) is -3.45. The van der Waals surface area contributed by atoms with Crippen LogP contribution in [0.25, 0.3) is 0 Å². The number of nitriles is 1. The number of thiophene rings is 1. The summed E-state index contributed by atoms with van der Waals surface area (Å²) in [4.78, 5) is 12.9. The third-order valence-electron chi connectivity index (χ3n) is 4.40. The van der Waals surface area contributed by atoms with E-state index in [1.165, 1.54) is 4.31 Å². The Morgan fingerprint density at radius 3 is 2.48 bits per heavy atom. The lowest BCUT2D eigenvalue weighted by Crippen LogP contribution is -2.35. The molecule has 27 heavy (non-hydrogen) atoms. The van der Waals surface area contributed by atoms with Crippen molar-refractivity contribution in [3.8, 4) is 6.07 Å². The normalized spacial score (nSPS) is 15.2. The number of carbonyl (C=O) groups is 1. The second-order valence-corrected chi connectivity index (χ2v) is 9.78. The summed E-state index contributed by atoms with van der Waals surface area (Å²) >= 11 is 1.15. The van der Waals surface area contributed by atoms with Crippen LogP contribution in [0.3, 0.4) is 0 Å². The first-order chi connectivity index (χ1) is 13.0. The lowest BCUT2D eigenvalue weighted by molar-refractivity contribution is -0.115. The van der Waals surface area contributed by atoms with Gasteiger partial charge in [-0.25, -0.2) is 8.42 Å². The number of amides is 1. The fraction of sp³-hybridized carbons (Fsp3) is 0.368. The van der Waals surface area contributed by atoms with Gasteiger partial charge >= 0.3 is 0 Å². The number of sulfonamides is 1. The minimum atomic E-state index is -3.45. The van der Waals surface area contributed by atoms with Gasteiger partial charge in [0.2, 0.25) is 5.91 Å². The van der Waals surface area contributed by atoms with E-state index in [1.807, 2.05) is 0 Å². The molecular weight excluding hydrogens is 382 g/mol. The Kier molecular flexibility index (Phi) is 6.26. The second kappa shape index (κ2) is 8.65. The van der Waals surface area contributed by atoms with E-state index in [9.17, 15) is 13.2 Å². The predicted molar refractivity (Wildman–Crippen MR) is 105 cm³/mol. The lowest BCUT2D eigenvalue weighted by atomic mass is 10.1. The molecule has 0 aliphatic carbocycles. The van der Waals surface area contributed by atoms with E-state index in [2.05, 4.69) is 11.4 Å². The average Bonchev–Trinajstić information content (AvgIpc) is 3.13. The average molecular weight is 404 g/mol. The fourth-order valence-corrected chi connectivity index (χ4v) is 6.01. The number of nitrogens with zero attached hydrogens (tertiary/aromatic N) is 2. The van der Waals surface area contributed by atoms with E-state index in [1.54, 1.807) is 36.4 Å². The molecule has 0 atom stereocenters. The molecule has 0 spiro atoms. The van der Waals surface area contributed by atoms with Gasteiger partial charge in [-0.2, -0.15) is 9.57 Å². The van der Waals surface area contributed by atoms with Gasteiger partial charge in [-0.3, -0.25) is 4.79 Å². The summed E-state index contributed by atoms with van der Waals surface area (Å²) in [5, 5.41) is 11.5. The van der Waals surface area contributed by atoms with Crippen LogP contribution in [-0.4, -0.2) is 31.7 Å². The number of hydrogen-bond donors (Lipinski definition) is 1. The Morgan fingerprint density at radius 1 is 1.11 bits per heavy atom. The summed E-state index contributed by atoms with van der Waals surface area (Å²) < 4.78 is 27.2. The summed E-state index contributed by atoms with van der Waals surface area (Å²) in [6.07, 6.45) is 3.32. The van der Waals surface area contributed by atoms with Gasteiger partial charge in [-0.05, 0) is 42.7 Å². The minimum Gasteiger partial charge on any atom is -0.326 e. The fourth-order valence-electron chi connectivity index (χ4n) is 2.99. The molecule has 8 heteroatoms. The van der Waals surface area contributed by atoms with Crippen LogP contribution in [0.2, 0.25) is 0 Å². The molecule has 3 rings (SSSR count). The maximum Gasteiger partial charge on any atom is 0.252 e. The molecule has 1 aliphatic rings. The van der Waals surface area contributed by atoms with Gasteiger partial charge in [0.1, 0.15) is 4.21 Å². The molecular formula is C19H21N3O3S2. The van der Waals surface area contributed by atoms with Crippen molar-refractivity contribution in [2.24, 2.45) is 0 Å². The number of benzene rings is 1. The number of hydrogen-bond acceptors (Lipinski definition) is 5. The van der Waals surface area contributed by atoms with Crippen LogP contribution in [-0.2, 0) is 27.7 Å². The van der Waals surface area contributed by atoms with Crippen LogP contribution < -0.4 is 5.32 Å². The van der Waals surface area contributed by atoms with Crippen LogP contribution in [0.1, 0.15) is 29.7 Å². The molecule has 1 aromatic heterocycles. The van der Waals surface area contributed by atoms with Gasteiger partial charge in [-0.15, -0.1) is 11.3 Å². The van der Waals surface area contributed by atoms with Crippen LogP contribution in [0, 0.1) is 11.3 Å². The van der Waals surface area contributed by atoms with Crippen molar-refractivity contribution in [1.29, 1.82) is 5.26 Å². The topological polar surface area (TPSA) is 90.3 Å². The quantitative estimate of drug-likeness (QED) is 0.802. The molecule has 0 bridgehead atoms. The number of anilines is 1. The Labute approximate surface area is 163 Å². The molecule has 0 saturated carbocycles. The number of nitrogens with one attached hydrogen (secondary N) is 1. The smallest absolute Gasteiger partial charge is 0.252 e. The molecule has 1 aromatic carbocycles. The van der Waals surface area contributed by atoms with E-state index in [0.29, 0.717) is 34.3 Å². The van der Waals surface area contributed by atoms with E-state index >= 15 is 0 Å². The third kappa shape index (κ3) is 4.95. The summed E-state index contributed by atoms with van der Waals surface area (Å²) in [5.74, 6) is -0.202.